The summed E-state index contributed by atoms with van der Waals surface area (Å²) in [6.45, 7) is 1.33. The molecule has 5 rings (SSSR count). The second-order valence-corrected chi connectivity index (χ2v) is 9.80. The largest absolute Gasteiger partial charge is 0.496 e. The van der Waals surface area contributed by atoms with Crippen LogP contribution in [0, 0.1) is 17.2 Å². The molecule has 178 valence electrons. The minimum Gasteiger partial charge on any atom is -0.496 e. The predicted molar refractivity (Wildman–Crippen MR) is 132 cm³/mol. The van der Waals surface area contributed by atoms with Crippen LogP contribution in [0.4, 0.5) is 9.80 Å². The van der Waals surface area contributed by atoms with Crippen molar-refractivity contribution in [1.29, 1.82) is 5.26 Å². The molecule has 1 aliphatic heterocycles. The average Bonchev–Trinajstić information content (AvgIpc) is 3.62. The van der Waals surface area contributed by atoms with E-state index in [2.05, 4.69) is 21.7 Å². The molecular weight excluding hydrogens is 462 g/mol. The molecule has 3 heterocycles. The number of benzene rings is 1. The third-order valence-electron chi connectivity index (χ3n) is 6.52. The monoisotopic (exact) mass is 487 g/mol. The van der Waals surface area contributed by atoms with E-state index < -0.39 is 0 Å². The fourth-order valence-corrected chi connectivity index (χ4v) is 5.80. The lowest BCUT2D eigenvalue weighted by atomic mass is 10.0. The Morgan fingerprint density at radius 2 is 2.14 bits per heavy atom. The number of nitrogens with one attached hydrogen (secondary N) is 2. The number of nitriles is 1. The number of thiophene rings is 1. The smallest absolute Gasteiger partial charge is 0.318 e. The number of hydrogen-bond donors (Lipinski definition) is 2. The number of hydrogen-bond acceptors (Lipinski definition) is 6. The van der Waals surface area contributed by atoms with E-state index in [1.807, 2.05) is 36.4 Å². The molecule has 1 aromatic carbocycles. The molecule has 9 heteroatoms. The number of carbonyl (C=O) groups excluding carboxylic acids is 2. The number of amides is 3. The Morgan fingerprint density at radius 3 is 2.91 bits per heavy atom. The molecule has 2 N–H and O–H groups in total. The first-order chi connectivity index (χ1) is 17.1. The highest BCUT2D eigenvalue weighted by molar-refractivity contribution is 7.16. The Morgan fingerprint density at radius 1 is 1.29 bits per heavy atom. The van der Waals surface area contributed by atoms with Gasteiger partial charge >= 0.3 is 6.03 Å². The Bertz CT molecular complexity index is 1300. The van der Waals surface area contributed by atoms with Gasteiger partial charge in [0.2, 0.25) is 5.91 Å². The number of methoxy groups -OCH3 is 1. The molecule has 1 fully saturated rings. The van der Waals surface area contributed by atoms with E-state index in [9.17, 15) is 14.9 Å². The summed E-state index contributed by atoms with van der Waals surface area (Å²) in [5.41, 5.74) is 3.41. The molecule has 3 amide bonds. The number of para-hydroxylation sites is 1. The summed E-state index contributed by atoms with van der Waals surface area (Å²) in [6.07, 6.45) is 4.75. The van der Waals surface area contributed by atoms with Crippen LogP contribution >= 0.6 is 11.3 Å². The molecule has 3 aromatic rings. The van der Waals surface area contributed by atoms with Crippen LogP contribution in [-0.4, -0.2) is 35.5 Å². The van der Waals surface area contributed by atoms with Gasteiger partial charge in [-0.25, -0.2) is 4.79 Å². The molecular formula is C26H25N5O3S. The SMILES string of the molecule is COc1ccccc1C1CC1C(=O)Nc1sc2c(c1C#N)CCN(C(=O)NCc1cccnc1)C2. The standard InChI is InChI=1S/C26H25N5O3S/c1-34-22-7-3-2-6-17(22)19-11-20(19)24(32)30-25-21(12-27)18-8-10-31(15-23(18)35-25)26(33)29-14-16-5-4-9-28-13-16/h2-7,9,13,19-20H,8,10-11,14-15H2,1H3,(H,29,33)(H,30,32). The second kappa shape index (κ2) is 9.76. The molecule has 0 radical (unpaired) electrons. The zero-order valence-electron chi connectivity index (χ0n) is 19.3. The zero-order chi connectivity index (χ0) is 24.4. The number of aromatic nitrogens is 1. The fraction of sp³-hybridized carbons (Fsp3) is 0.308. The van der Waals surface area contributed by atoms with Gasteiger partial charge in [-0.1, -0.05) is 24.3 Å². The van der Waals surface area contributed by atoms with Gasteiger partial charge in [0, 0.05) is 36.3 Å². The third-order valence-corrected chi connectivity index (χ3v) is 7.66. The van der Waals surface area contributed by atoms with Gasteiger partial charge in [-0.3, -0.25) is 9.78 Å². The molecule has 35 heavy (non-hydrogen) atoms. The van der Waals surface area contributed by atoms with Gasteiger partial charge in [0.05, 0.1) is 19.2 Å². The van der Waals surface area contributed by atoms with Crippen molar-refractivity contribution in [2.75, 3.05) is 19.0 Å². The van der Waals surface area contributed by atoms with Crippen molar-refractivity contribution in [1.82, 2.24) is 15.2 Å². The van der Waals surface area contributed by atoms with Crippen LogP contribution in [0.5, 0.6) is 5.75 Å². The van der Waals surface area contributed by atoms with Crippen molar-refractivity contribution in [3.63, 3.8) is 0 Å². The molecule has 1 saturated carbocycles. The quantitative estimate of drug-likeness (QED) is 0.546. The summed E-state index contributed by atoms with van der Waals surface area (Å²) in [5.74, 6) is 0.679. The number of ether oxygens (including phenoxy) is 1. The second-order valence-electron chi connectivity index (χ2n) is 8.69. The van der Waals surface area contributed by atoms with E-state index >= 15 is 0 Å². The van der Waals surface area contributed by atoms with E-state index in [0.29, 0.717) is 36.6 Å². The van der Waals surface area contributed by atoms with Gasteiger partial charge in [-0.2, -0.15) is 5.26 Å². The first-order valence-electron chi connectivity index (χ1n) is 11.5. The van der Waals surface area contributed by atoms with Crippen molar-refractivity contribution in [3.8, 4) is 11.8 Å². The van der Waals surface area contributed by atoms with Gasteiger partial charge in [0.1, 0.15) is 16.8 Å². The highest BCUT2D eigenvalue weighted by Crippen LogP contribution is 2.51. The van der Waals surface area contributed by atoms with E-state index in [0.717, 1.165) is 33.7 Å². The number of fused-ring (bicyclic) bond motifs is 1. The normalized spacial score (nSPS) is 18.2. The summed E-state index contributed by atoms with van der Waals surface area (Å²) in [6, 6.07) is 13.6. The third kappa shape index (κ3) is 4.70. The number of urea groups is 1. The lowest BCUT2D eigenvalue weighted by Crippen LogP contribution is -2.42. The van der Waals surface area contributed by atoms with Gasteiger partial charge in [0.25, 0.3) is 0 Å². The predicted octanol–water partition coefficient (Wildman–Crippen LogP) is 4.03. The van der Waals surface area contributed by atoms with E-state index in [1.165, 1.54) is 11.3 Å². The highest BCUT2D eigenvalue weighted by Gasteiger charge is 2.45. The van der Waals surface area contributed by atoms with E-state index in [-0.39, 0.29) is 23.8 Å². The summed E-state index contributed by atoms with van der Waals surface area (Å²) in [7, 11) is 1.63. The highest BCUT2D eigenvalue weighted by atomic mass is 32.1. The molecule has 0 bridgehead atoms. The Balaban J connectivity index is 1.24. The van der Waals surface area contributed by atoms with Crippen molar-refractivity contribution < 1.29 is 14.3 Å². The van der Waals surface area contributed by atoms with E-state index in [4.69, 9.17) is 4.74 Å². The molecule has 8 nitrogen and oxygen atoms in total. The first kappa shape index (κ1) is 22.9. The average molecular weight is 488 g/mol. The number of rotatable bonds is 6. The van der Waals surface area contributed by atoms with Gasteiger partial charge in [-0.15, -0.1) is 11.3 Å². The lowest BCUT2D eigenvalue weighted by Gasteiger charge is -2.27. The molecule has 0 saturated heterocycles. The van der Waals surface area contributed by atoms with Crippen LogP contribution in [0.3, 0.4) is 0 Å². The van der Waals surface area contributed by atoms with Gasteiger partial charge < -0.3 is 20.3 Å². The molecule has 1 aliphatic carbocycles. The van der Waals surface area contributed by atoms with Crippen molar-refractivity contribution in [3.05, 3.63) is 75.9 Å². The van der Waals surface area contributed by atoms with Crippen molar-refractivity contribution >= 4 is 28.3 Å². The maximum absolute atomic E-state index is 13.0. The summed E-state index contributed by atoms with van der Waals surface area (Å²) < 4.78 is 5.44. The van der Waals surface area contributed by atoms with Crippen molar-refractivity contribution in [2.24, 2.45) is 5.92 Å². The zero-order valence-corrected chi connectivity index (χ0v) is 20.1. The number of anilines is 1. The summed E-state index contributed by atoms with van der Waals surface area (Å²) in [4.78, 5) is 32.4. The Kier molecular flexibility index (Phi) is 6.38. The fourth-order valence-electron chi connectivity index (χ4n) is 4.58. The first-order valence-corrected chi connectivity index (χ1v) is 12.3. The minimum absolute atomic E-state index is 0.0814. The van der Waals surface area contributed by atoms with Gasteiger partial charge in [-0.05, 0) is 47.6 Å². The maximum atomic E-state index is 13.0. The van der Waals surface area contributed by atoms with Gasteiger partial charge in [0.15, 0.2) is 0 Å². The summed E-state index contributed by atoms with van der Waals surface area (Å²) in [5, 5.41) is 16.3. The maximum Gasteiger partial charge on any atom is 0.318 e. The molecule has 0 spiro atoms. The topological polar surface area (TPSA) is 107 Å². The minimum atomic E-state index is -0.158. The molecule has 2 unspecified atom stereocenters. The lowest BCUT2D eigenvalue weighted by molar-refractivity contribution is -0.117. The van der Waals surface area contributed by atoms with Crippen LogP contribution in [0.25, 0.3) is 0 Å². The Hall–Kier alpha value is -3.90. The van der Waals surface area contributed by atoms with Crippen LogP contribution in [0.2, 0.25) is 0 Å². The van der Waals surface area contributed by atoms with Crippen LogP contribution in [0.15, 0.2) is 48.8 Å². The van der Waals surface area contributed by atoms with Crippen LogP contribution in [-0.2, 0) is 24.3 Å². The van der Waals surface area contributed by atoms with Crippen LogP contribution in [0.1, 0.15) is 39.5 Å². The number of pyridine rings is 1. The van der Waals surface area contributed by atoms with Crippen molar-refractivity contribution in [2.45, 2.75) is 31.8 Å². The summed E-state index contributed by atoms with van der Waals surface area (Å²) >= 11 is 1.39. The number of carbonyl (C=O) groups is 2. The molecule has 2 aromatic heterocycles. The molecule has 2 atom stereocenters. The molecule has 2 aliphatic rings. The Labute approximate surface area is 207 Å². The van der Waals surface area contributed by atoms with Crippen LogP contribution < -0.4 is 15.4 Å². The number of nitrogens with zero attached hydrogens (tertiary/aromatic N) is 3. The van der Waals surface area contributed by atoms with E-state index in [1.54, 1.807) is 24.4 Å².